The second-order valence-electron chi connectivity index (χ2n) is 4.84. The molecule has 1 heterocycles. The van der Waals surface area contributed by atoms with Gasteiger partial charge < -0.3 is 10.5 Å². The summed E-state index contributed by atoms with van der Waals surface area (Å²) in [7, 11) is 0. The van der Waals surface area contributed by atoms with Crippen molar-refractivity contribution in [2.45, 2.75) is 26.2 Å². The van der Waals surface area contributed by atoms with Gasteiger partial charge in [-0.25, -0.2) is 9.78 Å². The van der Waals surface area contributed by atoms with Crippen LogP contribution in [-0.2, 0) is 4.74 Å². The van der Waals surface area contributed by atoms with Crippen molar-refractivity contribution < 1.29 is 14.5 Å². The standard InChI is InChI=1S/C15H17N3O4/c1-2-3-6-9-22-15(19)12-10-7-4-5-8-11(10)17-14(16)13(12)18(20)21/h4-5,7-8H,2-3,6,9H2,1H3,(H2,16,17). The molecule has 0 spiro atoms. The van der Waals surface area contributed by atoms with Gasteiger partial charge in [0, 0.05) is 5.39 Å². The number of hydrogen-bond acceptors (Lipinski definition) is 6. The molecule has 0 fully saturated rings. The summed E-state index contributed by atoms with van der Waals surface area (Å²) in [6, 6.07) is 6.63. The Balaban J connectivity index is 2.47. The fourth-order valence-corrected chi connectivity index (χ4v) is 2.20. The summed E-state index contributed by atoms with van der Waals surface area (Å²) in [5.74, 6) is -1.03. The molecular weight excluding hydrogens is 286 g/mol. The number of benzene rings is 1. The molecule has 1 aromatic heterocycles. The van der Waals surface area contributed by atoms with Gasteiger partial charge in [0.2, 0.25) is 5.82 Å². The molecule has 0 radical (unpaired) electrons. The number of rotatable bonds is 6. The first-order chi connectivity index (χ1) is 10.6. The van der Waals surface area contributed by atoms with Gasteiger partial charge in [-0.1, -0.05) is 38.0 Å². The number of nitro groups is 1. The quantitative estimate of drug-likeness (QED) is 0.380. The molecule has 0 amide bonds. The fraction of sp³-hybridized carbons (Fsp3) is 0.333. The van der Waals surface area contributed by atoms with Crippen LogP contribution in [0.2, 0.25) is 0 Å². The molecule has 0 bridgehead atoms. The van der Waals surface area contributed by atoms with E-state index in [-0.39, 0.29) is 18.0 Å². The van der Waals surface area contributed by atoms with Gasteiger partial charge in [-0.3, -0.25) is 10.1 Å². The van der Waals surface area contributed by atoms with Crippen molar-refractivity contribution in [1.29, 1.82) is 0 Å². The van der Waals surface area contributed by atoms with Crippen molar-refractivity contribution in [3.63, 3.8) is 0 Å². The van der Waals surface area contributed by atoms with Crippen LogP contribution in [-0.4, -0.2) is 22.5 Å². The number of unbranched alkanes of at least 4 members (excludes halogenated alkanes) is 2. The number of aromatic nitrogens is 1. The molecule has 0 aliphatic carbocycles. The van der Waals surface area contributed by atoms with Gasteiger partial charge in [0.05, 0.1) is 17.0 Å². The lowest BCUT2D eigenvalue weighted by atomic mass is 10.1. The Hall–Kier alpha value is -2.70. The minimum atomic E-state index is -0.742. The van der Waals surface area contributed by atoms with Crippen LogP contribution in [0.3, 0.4) is 0 Å². The van der Waals surface area contributed by atoms with Gasteiger partial charge in [0.25, 0.3) is 0 Å². The number of nitrogens with two attached hydrogens (primary N) is 1. The average Bonchev–Trinajstić information content (AvgIpc) is 2.49. The molecule has 0 saturated heterocycles. The van der Waals surface area contributed by atoms with E-state index in [2.05, 4.69) is 4.98 Å². The molecule has 2 rings (SSSR count). The number of fused-ring (bicyclic) bond motifs is 1. The molecule has 2 N–H and O–H groups in total. The maximum Gasteiger partial charge on any atom is 0.346 e. The Labute approximate surface area is 127 Å². The number of pyridine rings is 1. The maximum absolute atomic E-state index is 12.3. The van der Waals surface area contributed by atoms with Crippen LogP contribution >= 0.6 is 0 Å². The van der Waals surface area contributed by atoms with Gasteiger partial charge in [-0.2, -0.15) is 0 Å². The van der Waals surface area contributed by atoms with Crippen molar-refractivity contribution >= 4 is 28.4 Å². The predicted octanol–water partition coefficient (Wildman–Crippen LogP) is 3.07. The van der Waals surface area contributed by atoms with E-state index in [0.717, 1.165) is 12.8 Å². The Morgan fingerprint density at radius 1 is 1.36 bits per heavy atom. The predicted molar refractivity (Wildman–Crippen MR) is 82.6 cm³/mol. The van der Waals surface area contributed by atoms with Crippen LogP contribution in [0.1, 0.15) is 36.5 Å². The summed E-state index contributed by atoms with van der Waals surface area (Å²) in [5, 5.41) is 11.6. The highest BCUT2D eigenvalue weighted by Crippen LogP contribution is 2.31. The van der Waals surface area contributed by atoms with Crippen molar-refractivity contribution in [2.75, 3.05) is 12.3 Å². The minimum Gasteiger partial charge on any atom is -0.462 e. The van der Waals surface area contributed by atoms with Crippen LogP contribution in [0.15, 0.2) is 24.3 Å². The van der Waals surface area contributed by atoms with E-state index in [9.17, 15) is 14.9 Å². The molecule has 7 nitrogen and oxygen atoms in total. The average molecular weight is 303 g/mol. The zero-order chi connectivity index (χ0) is 16.1. The Bertz CT molecular complexity index is 715. The van der Waals surface area contributed by atoms with Crippen LogP contribution in [0, 0.1) is 10.1 Å². The lowest BCUT2D eigenvalue weighted by molar-refractivity contribution is -0.384. The van der Waals surface area contributed by atoms with Gasteiger partial charge in [0.15, 0.2) is 5.56 Å². The monoisotopic (exact) mass is 303 g/mol. The molecule has 0 atom stereocenters. The van der Waals surface area contributed by atoms with Gasteiger partial charge in [0.1, 0.15) is 0 Å². The summed E-state index contributed by atoms with van der Waals surface area (Å²) in [4.78, 5) is 26.8. The van der Waals surface area contributed by atoms with Gasteiger partial charge in [-0.05, 0) is 12.5 Å². The molecule has 1 aromatic carbocycles. The summed E-state index contributed by atoms with van der Waals surface area (Å²) in [5.41, 5.74) is 5.43. The Morgan fingerprint density at radius 2 is 2.09 bits per heavy atom. The first-order valence-corrected chi connectivity index (χ1v) is 7.06. The molecule has 0 saturated carbocycles. The second kappa shape index (κ2) is 6.84. The summed E-state index contributed by atoms with van der Waals surface area (Å²) < 4.78 is 5.16. The second-order valence-corrected chi connectivity index (χ2v) is 4.84. The zero-order valence-electron chi connectivity index (χ0n) is 12.2. The summed E-state index contributed by atoms with van der Waals surface area (Å²) in [6.07, 6.45) is 2.63. The van der Waals surface area contributed by atoms with E-state index in [1.54, 1.807) is 24.3 Å². The molecule has 0 aliphatic heterocycles. The third-order valence-electron chi connectivity index (χ3n) is 3.26. The molecule has 0 aliphatic rings. The minimum absolute atomic E-state index is 0.135. The zero-order valence-corrected chi connectivity index (χ0v) is 12.2. The molecule has 116 valence electrons. The summed E-state index contributed by atoms with van der Waals surface area (Å²) in [6.45, 7) is 2.25. The number of nitrogens with zero attached hydrogens (tertiary/aromatic N) is 2. The number of nitrogen functional groups attached to an aromatic ring is 1. The Kier molecular flexibility index (Phi) is 4.88. The van der Waals surface area contributed by atoms with Crippen LogP contribution < -0.4 is 5.73 Å². The number of ether oxygens (including phenoxy) is 1. The first-order valence-electron chi connectivity index (χ1n) is 7.06. The highest BCUT2D eigenvalue weighted by molar-refractivity contribution is 6.08. The number of carbonyl (C=O) groups excluding carboxylic acids is 1. The topological polar surface area (TPSA) is 108 Å². The highest BCUT2D eigenvalue weighted by atomic mass is 16.6. The molecule has 2 aromatic rings. The van der Waals surface area contributed by atoms with Crippen molar-refractivity contribution in [3.8, 4) is 0 Å². The number of esters is 1. The molecule has 22 heavy (non-hydrogen) atoms. The van der Waals surface area contributed by atoms with E-state index in [1.807, 2.05) is 6.92 Å². The smallest absolute Gasteiger partial charge is 0.346 e. The third-order valence-corrected chi connectivity index (χ3v) is 3.26. The maximum atomic E-state index is 12.3. The molecule has 0 unspecified atom stereocenters. The number of para-hydroxylation sites is 1. The number of anilines is 1. The van der Waals surface area contributed by atoms with E-state index < -0.39 is 16.6 Å². The molecular formula is C15H17N3O4. The lowest BCUT2D eigenvalue weighted by Crippen LogP contribution is -2.12. The van der Waals surface area contributed by atoms with Gasteiger partial charge >= 0.3 is 11.7 Å². The highest BCUT2D eigenvalue weighted by Gasteiger charge is 2.29. The SMILES string of the molecule is CCCCCOC(=O)c1c([N+](=O)[O-])c(N)nc2ccccc12. The van der Waals surface area contributed by atoms with E-state index in [1.165, 1.54) is 0 Å². The van der Waals surface area contributed by atoms with Crippen LogP contribution in [0.25, 0.3) is 10.9 Å². The van der Waals surface area contributed by atoms with E-state index >= 15 is 0 Å². The van der Waals surface area contributed by atoms with E-state index in [4.69, 9.17) is 10.5 Å². The van der Waals surface area contributed by atoms with Crippen LogP contribution in [0.5, 0.6) is 0 Å². The normalized spacial score (nSPS) is 10.6. The summed E-state index contributed by atoms with van der Waals surface area (Å²) >= 11 is 0. The van der Waals surface area contributed by atoms with Crippen molar-refractivity contribution in [3.05, 3.63) is 39.9 Å². The molecule has 7 heteroatoms. The first kappa shape index (κ1) is 15.7. The van der Waals surface area contributed by atoms with E-state index in [0.29, 0.717) is 17.3 Å². The third kappa shape index (κ3) is 3.13. The number of hydrogen-bond donors (Lipinski definition) is 1. The fourth-order valence-electron chi connectivity index (χ4n) is 2.20. The van der Waals surface area contributed by atoms with Crippen molar-refractivity contribution in [2.24, 2.45) is 0 Å². The Morgan fingerprint density at radius 3 is 2.77 bits per heavy atom. The van der Waals surface area contributed by atoms with Gasteiger partial charge in [-0.15, -0.1) is 0 Å². The van der Waals surface area contributed by atoms with Crippen LogP contribution in [0.4, 0.5) is 11.5 Å². The lowest BCUT2D eigenvalue weighted by Gasteiger charge is -2.09. The van der Waals surface area contributed by atoms with Crippen molar-refractivity contribution in [1.82, 2.24) is 4.98 Å². The largest absolute Gasteiger partial charge is 0.462 e. The number of carbonyl (C=O) groups is 1.